The molecule has 0 aliphatic rings. The maximum atomic E-state index is 12.9. The molecule has 0 aliphatic carbocycles. The summed E-state index contributed by atoms with van der Waals surface area (Å²) in [5.74, 6) is 0.958. The molecule has 0 spiro atoms. The normalized spacial score (nSPS) is 11.6. The Kier molecular flexibility index (Phi) is 4.67. The van der Waals surface area contributed by atoms with Gasteiger partial charge in [0.25, 0.3) is 10.0 Å². The van der Waals surface area contributed by atoms with Crippen LogP contribution in [0.3, 0.4) is 0 Å². The lowest BCUT2D eigenvalue weighted by Gasteiger charge is -2.13. The van der Waals surface area contributed by atoms with E-state index in [9.17, 15) is 8.42 Å². The first-order valence-electron chi connectivity index (χ1n) is 8.84. The van der Waals surface area contributed by atoms with Crippen LogP contribution in [0.2, 0.25) is 0 Å². The first-order chi connectivity index (χ1) is 13.9. The molecule has 2 heterocycles. The van der Waals surface area contributed by atoms with Crippen LogP contribution in [0.25, 0.3) is 16.9 Å². The lowest BCUT2D eigenvalue weighted by atomic mass is 10.1. The Morgan fingerprint density at radius 1 is 1.00 bits per heavy atom. The molecule has 29 heavy (non-hydrogen) atoms. The smallest absolute Gasteiger partial charge is 0.265 e. The number of aryl methyl sites for hydroxylation is 2. The van der Waals surface area contributed by atoms with E-state index in [1.807, 2.05) is 32.0 Å². The molecule has 0 atom stereocenters. The van der Waals surface area contributed by atoms with Gasteiger partial charge in [-0.15, -0.1) is 10.2 Å². The Labute approximate surface area is 168 Å². The summed E-state index contributed by atoms with van der Waals surface area (Å²) in [4.78, 5) is 0.0880. The molecule has 0 saturated carbocycles. The van der Waals surface area contributed by atoms with Crippen LogP contribution in [0.5, 0.6) is 5.75 Å². The average Bonchev–Trinajstić information content (AvgIpc) is 3.08. The van der Waals surface area contributed by atoms with Gasteiger partial charge in [-0.1, -0.05) is 18.2 Å². The first-order valence-corrected chi connectivity index (χ1v) is 10.3. The molecule has 0 fully saturated rings. The summed E-state index contributed by atoms with van der Waals surface area (Å²) in [6.07, 6.45) is 0. The number of nitrogens with zero attached hydrogens (tertiary/aromatic N) is 4. The zero-order valence-corrected chi connectivity index (χ0v) is 16.9. The number of benzene rings is 2. The summed E-state index contributed by atoms with van der Waals surface area (Å²) in [6.45, 7) is 3.64. The van der Waals surface area contributed by atoms with E-state index in [0.717, 1.165) is 11.1 Å². The predicted octanol–water partition coefficient (Wildman–Crippen LogP) is 3.22. The number of methoxy groups -OCH3 is 1. The molecule has 0 radical (unpaired) electrons. The molecular formula is C20H19N5O3S. The Hall–Kier alpha value is -3.46. The van der Waals surface area contributed by atoms with Gasteiger partial charge < -0.3 is 4.74 Å². The van der Waals surface area contributed by atoms with Crippen molar-refractivity contribution in [2.24, 2.45) is 0 Å². The number of nitrogens with one attached hydrogen (secondary N) is 1. The second-order valence-electron chi connectivity index (χ2n) is 6.58. The summed E-state index contributed by atoms with van der Waals surface area (Å²) >= 11 is 0. The summed E-state index contributed by atoms with van der Waals surface area (Å²) in [5, 5.41) is 12.6. The highest BCUT2D eigenvalue weighted by molar-refractivity contribution is 7.92. The minimum atomic E-state index is -3.83. The van der Waals surface area contributed by atoms with Gasteiger partial charge in [-0.2, -0.15) is 9.61 Å². The number of hydrogen-bond donors (Lipinski definition) is 1. The summed E-state index contributed by atoms with van der Waals surface area (Å²) in [7, 11) is -2.39. The number of rotatable bonds is 5. The van der Waals surface area contributed by atoms with Crippen LogP contribution in [0, 0.1) is 13.8 Å². The lowest BCUT2D eigenvalue weighted by Crippen LogP contribution is -2.14. The fourth-order valence-corrected chi connectivity index (χ4v) is 4.30. The van der Waals surface area contributed by atoms with Crippen LogP contribution in [-0.4, -0.2) is 35.3 Å². The molecular weight excluding hydrogens is 390 g/mol. The van der Waals surface area contributed by atoms with Gasteiger partial charge in [0.1, 0.15) is 10.6 Å². The predicted molar refractivity (Wildman–Crippen MR) is 109 cm³/mol. The highest BCUT2D eigenvalue weighted by Gasteiger charge is 2.20. The van der Waals surface area contributed by atoms with Gasteiger partial charge in [0.15, 0.2) is 11.5 Å². The highest BCUT2D eigenvalue weighted by Crippen LogP contribution is 2.28. The maximum absolute atomic E-state index is 12.9. The van der Waals surface area contributed by atoms with Crippen LogP contribution < -0.4 is 9.46 Å². The quantitative estimate of drug-likeness (QED) is 0.543. The van der Waals surface area contributed by atoms with E-state index in [4.69, 9.17) is 4.74 Å². The van der Waals surface area contributed by atoms with Crippen molar-refractivity contribution in [2.45, 2.75) is 18.7 Å². The van der Waals surface area contributed by atoms with Crippen LogP contribution in [0.4, 0.5) is 5.69 Å². The molecule has 4 aromatic rings. The van der Waals surface area contributed by atoms with Crippen molar-refractivity contribution in [2.75, 3.05) is 11.8 Å². The second-order valence-corrected chi connectivity index (χ2v) is 8.23. The van der Waals surface area contributed by atoms with E-state index in [-0.39, 0.29) is 10.6 Å². The number of aromatic nitrogens is 4. The molecule has 0 bridgehead atoms. The SMILES string of the molecule is COc1ccc(C)cc1S(=O)(=O)Nc1cccc(-c2ccc3nnc(C)n3n2)c1. The third-order valence-electron chi connectivity index (χ3n) is 4.44. The molecule has 148 valence electrons. The third-order valence-corrected chi connectivity index (χ3v) is 5.84. The molecule has 0 saturated heterocycles. The van der Waals surface area contributed by atoms with Gasteiger partial charge in [0.05, 0.1) is 12.8 Å². The van der Waals surface area contributed by atoms with E-state index in [1.165, 1.54) is 7.11 Å². The zero-order chi connectivity index (χ0) is 20.6. The zero-order valence-electron chi connectivity index (χ0n) is 16.1. The van der Waals surface area contributed by atoms with E-state index in [2.05, 4.69) is 20.0 Å². The van der Waals surface area contributed by atoms with Crippen molar-refractivity contribution >= 4 is 21.4 Å². The van der Waals surface area contributed by atoms with Crippen LogP contribution >= 0.6 is 0 Å². The van der Waals surface area contributed by atoms with Crippen molar-refractivity contribution in [3.05, 3.63) is 66.0 Å². The largest absolute Gasteiger partial charge is 0.495 e. The summed E-state index contributed by atoms with van der Waals surface area (Å²) in [5.41, 5.74) is 3.33. The van der Waals surface area contributed by atoms with E-state index in [1.54, 1.807) is 40.9 Å². The van der Waals surface area contributed by atoms with Gasteiger partial charge in [-0.25, -0.2) is 8.42 Å². The van der Waals surface area contributed by atoms with E-state index >= 15 is 0 Å². The van der Waals surface area contributed by atoms with Crippen molar-refractivity contribution in [3.63, 3.8) is 0 Å². The molecule has 0 aliphatic heterocycles. The van der Waals surface area contributed by atoms with Gasteiger partial charge >= 0.3 is 0 Å². The standard InChI is InChI=1S/C20H19N5O3S/c1-13-7-9-18(28-3)19(11-13)29(26,27)24-16-6-4-5-15(12-16)17-8-10-20-22-21-14(2)25(20)23-17/h4-12,24H,1-3H3. The number of hydrogen-bond acceptors (Lipinski definition) is 6. The van der Waals surface area contributed by atoms with Crippen molar-refractivity contribution < 1.29 is 13.2 Å². The van der Waals surface area contributed by atoms with Crippen LogP contribution in [-0.2, 0) is 10.0 Å². The molecule has 2 aromatic carbocycles. The van der Waals surface area contributed by atoms with Crippen molar-refractivity contribution in [1.82, 2.24) is 19.8 Å². The van der Waals surface area contributed by atoms with Crippen molar-refractivity contribution in [3.8, 4) is 17.0 Å². The molecule has 0 amide bonds. The minimum Gasteiger partial charge on any atom is -0.495 e. The monoisotopic (exact) mass is 409 g/mol. The Balaban J connectivity index is 1.70. The Bertz CT molecular complexity index is 1310. The summed E-state index contributed by atoms with van der Waals surface area (Å²) < 4.78 is 35.4. The minimum absolute atomic E-state index is 0.0880. The molecule has 1 N–H and O–H groups in total. The van der Waals surface area contributed by atoms with Crippen LogP contribution in [0.15, 0.2) is 59.5 Å². The molecule has 9 heteroatoms. The molecule has 4 rings (SSSR count). The van der Waals surface area contributed by atoms with Gasteiger partial charge in [0, 0.05) is 11.3 Å². The first kappa shape index (κ1) is 18.9. The van der Waals surface area contributed by atoms with Gasteiger partial charge in [-0.05, 0) is 55.8 Å². The number of fused-ring (bicyclic) bond motifs is 1. The Morgan fingerprint density at radius 2 is 1.83 bits per heavy atom. The average molecular weight is 409 g/mol. The van der Waals surface area contributed by atoms with Crippen LogP contribution in [0.1, 0.15) is 11.4 Å². The van der Waals surface area contributed by atoms with Gasteiger partial charge in [-0.3, -0.25) is 4.72 Å². The molecule has 8 nitrogen and oxygen atoms in total. The van der Waals surface area contributed by atoms with Crippen molar-refractivity contribution in [1.29, 1.82) is 0 Å². The Morgan fingerprint density at radius 3 is 2.62 bits per heavy atom. The molecule has 2 aromatic heterocycles. The lowest BCUT2D eigenvalue weighted by molar-refractivity contribution is 0.402. The van der Waals surface area contributed by atoms with Gasteiger partial charge in [0.2, 0.25) is 0 Å². The number of anilines is 1. The van der Waals surface area contributed by atoms with E-state index < -0.39 is 10.0 Å². The molecule has 0 unspecified atom stereocenters. The third kappa shape index (κ3) is 3.64. The number of ether oxygens (including phenoxy) is 1. The fourth-order valence-electron chi connectivity index (χ4n) is 3.00. The topological polar surface area (TPSA) is 98.5 Å². The summed E-state index contributed by atoms with van der Waals surface area (Å²) in [6, 6.07) is 15.7. The maximum Gasteiger partial charge on any atom is 0.265 e. The second kappa shape index (κ2) is 7.17. The van der Waals surface area contributed by atoms with E-state index in [0.29, 0.717) is 22.9 Å². The highest BCUT2D eigenvalue weighted by atomic mass is 32.2. The number of sulfonamides is 1. The fraction of sp³-hybridized carbons (Fsp3) is 0.150.